The van der Waals surface area contributed by atoms with E-state index in [4.69, 9.17) is 5.26 Å². The number of hydrogen-bond donors (Lipinski definition) is 1. The first-order chi connectivity index (χ1) is 10.3. The molecule has 0 atom stereocenters. The van der Waals surface area contributed by atoms with E-state index in [1.807, 2.05) is 0 Å². The van der Waals surface area contributed by atoms with E-state index in [0.717, 1.165) is 24.4 Å². The molecule has 2 aromatic rings. The highest BCUT2D eigenvalue weighted by Crippen LogP contribution is 2.30. The molecule has 9 heteroatoms. The van der Waals surface area contributed by atoms with Gasteiger partial charge in [-0.1, -0.05) is 0 Å². The minimum atomic E-state index is -4.44. The van der Waals surface area contributed by atoms with Crippen molar-refractivity contribution in [3.05, 3.63) is 57.8 Å². The minimum Gasteiger partial charge on any atom is -0.339 e. The van der Waals surface area contributed by atoms with E-state index in [1.165, 1.54) is 12.1 Å². The first-order valence-electron chi connectivity index (χ1n) is 5.80. The standard InChI is InChI=1S/C13H7F3N4O2/c14-13(15,16)9-1-3-10(4-2-9)19-12-8(6-17)5-11(7-18-12)20(21)22/h1-5,7H,(H,18,19). The van der Waals surface area contributed by atoms with E-state index in [0.29, 0.717) is 0 Å². The van der Waals surface area contributed by atoms with Gasteiger partial charge in [-0.05, 0) is 24.3 Å². The van der Waals surface area contributed by atoms with Gasteiger partial charge in [0.15, 0.2) is 0 Å². The number of nitro groups is 1. The van der Waals surface area contributed by atoms with E-state index in [1.54, 1.807) is 6.07 Å². The molecule has 2 rings (SSSR count). The largest absolute Gasteiger partial charge is 0.416 e. The second-order valence-electron chi connectivity index (χ2n) is 4.16. The Bertz CT molecular complexity index is 751. The second-order valence-corrected chi connectivity index (χ2v) is 4.16. The third-order valence-corrected chi connectivity index (χ3v) is 2.68. The molecule has 0 saturated heterocycles. The highest BCUT2D eigenvalue weighted by Gasteiger charge is 2.29. The average molecular weight is 308 g/mol. The van der Waals surface area contributed by atoms with Crippen molar-refractivity contribution >= 4 is 17.2 Å². The van der Waals surface area contributed by atoms with Crippen molar-refractivity contribution in [2.45, 2.75) is 6.18 Å². The van der Waals surface area contributed by atoms with E-state index in [2.05, 4.69) is 10.3 Å². The Balaban J connectivity index is 2.28. The number of nitriles is 1. The Morgan fingerprint density at radius 3 is 2.41 bits per heavy atom. The number of pyridine rings is 1. The van der Waals surface area contributed by atoms with E-state index < -0.39 is 16.7 Å². The van der Waals surface area contributed by atoms with Gasteiger partial charge in [0.1, 0.15) is 23.6 Å². The summed E-state index contributed by atoms with van der Waals surface area (Å²) in [7, 11) is 0. The molecule has 0 aliphatic heterocycles. The van der Waals surface area contributed by atoms with Gasteiger partial charge in [0.05, 0.1) is 10.5 Å². The van der Waals surface area contributed by atoms with Crippen LogP contribution in [0.25, 0.3) is 0 Å². The fraction of sp³-hybridized carbons (Fsp3) is 0.0769. The van der Waals surface area contributed by atoms with Crippen molar-refractivity contribution in [1.82, 2.24) is 4.98 Å². The molecule has 0 aliphatic carbocycles. The molecule has 22 heavy (non-hydrogen) atoms. The summed E-state index contributed by atoms with van der Waals surface area (Å²) in [4.78, 5) is 13.6. The van der Waals surface area contributed by atoms with Crippen molar-refractivity contribution in [1.29, 1.82) is 5.26 Å². The lowest BCUT2D eigenvalue weighted by atomic mass is 10.2. The fourth-order valence-corrected chi connectivity index (χ4v) is 1.62. The van der Waals surface area contributed by atoms with Gasteiger partial charge in [-0.2, -0.15) is 18.4 Å². The molecular weight excluding hydrogens is 301 g/mol. The normalized spacial score (nSPS) is 10.8. The van der Waals surface area contributed by atoms with Gasteiger partial charge in [-0.15, -0.1) is 0 Å². The Hall–Kier alpha value is -3.15. The van der Waals surface area contributed by atoms with Crippen molar-refractivity contribution in [3.63, 3.8) is 0 Å². The zero-order valence-electron chi connectivity index (χ0n) is 10.8. The van der Waals surface area contributed by atoms with Crippen LogP contribution < -0.4 is 5.32 Å². The lowest BCUT2D eigenvalue weighted by Crippen LogP contribution is -2.05. The Kier molecular flexibility index (Phi) is 3.94. The molecule has 1 N–H and O–H groups in total. The second kappa shape index (κ2) is 5.69. The molecule has 0 spiro atoms. The maximum atomic E-state index is 12.4. The lowest BCUT2D eigenvalue weighted by molar-refractivity contribution is -0.385. The summed E-state index contributed by atoms with van der Waals surface area (Å²) in [5.74, 6) is 0.0212. The summed E-state index contributed by atoms with van der Waals surface area (Å²) in [6.45, 7) is 0. The van der Waals surface area contributed by atoms with Gasteiger partial charge in [0, 0.05) is 11.8 Å². The van der Waals surface area contributed by atoms with Crippen molar-refractivity contribution < 1.29 is 18.1 Å². The van der Waals surface area contributed by atoms with Crippen LogP contribution in [0.3, 0.4) is 0 Å². The van der Waals surface area contributed by atoms with E-state index in [-0.39, 0.29) is 22.8 Å². The fourth-order valence-electron chi connectivity index (χ4n) is 1.62. The van der Waals surface area contributed by atoms with Crippen LogP contribution in [0.15, 0.2) is 36.5 Å². The Morgan fingerprint density at radius 2 is 1.91 bits per heavy atom. The summed E-state index contributed by atoms with van der Waals surface area (Å²) < 4.78 is 37.3. The number of nitrogens with one attached hydrogen (secondary N) is 1. The van der Waals surface area contributed by atoms with Crippen LogP contribution in [-0.2, 0) is 6.18 Å². The number of alkyl halides is 3. The molecule has 0 aliphatic rings. The predicted molar refractivity (Wildman–Crippen MR) is 70.3 cm³/mol. The monoisotopic (exact) mass is 308 g/mol. The molecule has 1 aromatic heterocycles. The van der Waals surface area contributed by atoms with Crippen molar-refractivity contribution in [2.75, 3.05) is 5.32 Å². The topological polar surface area (TPSA) is 91.8 Å². The maximum Gasteiger partial charge on any atom is 0.416 e. The van der Waals surface area contributed by atoms with E-state index >= 15 is 0 Å². The van der Waals surface area contributed by atoms with Gasteiger partial charge in [0.25, 0.3) is 5.69 Å². The van der Waals surface area contributed by atoms with Crippen LogP contribution in [0, 0.1) is 21.4 Å². The van der Waals surface area contributed by atoms with Gasteiger partial charge in [0.2, 0.25) is 0 Å². The van der Waals surface area contributed by atoms with Gasteiger partial charge < -0.3 is 5.32 Å². The van der Waals surface area contributed by atoms with Crippen LogP contribution in [0.4, 0.5) is 30.4 Å². The minimum absolute atomic E-state index is 0.0212. The molecule has 0 fully saturated rings. The SMILES string of the molecule is N#Cc1cc([N+](=O)[O-])cnc1Nc1ccc(C(F)(F)F)cc1. The number of anilines is 2. The quantitative estimate of drug-likeness (QED) is 0.690. The summed E-state index contributed by atoms with van der Waals surface area (Å²) in [6, 6.07) is 6.86. The van der Waals surface area contributed by atoms with Crippen LogP contribution >= 0.6 is 0 Å². The zero-order valence-corrected chi connectivity index (χ0v) is 10.8. The average Bonchev–Trinajstić information content (AvgIpc) is 2.47. The third-order valence-electron chi connectivity index (χ3n) is 2.68. The first kappa shape index (κ1) is 15.2. The van der Waals surface area contributed by atoms with Crippen molar-refractivity contribution in [2.24, 2.45) is 0 Å². The summed E-state index contributed by atoms with van der Waals surface area (Å²) in [6.07, 6.45) is -3.49. The number of nitrogens with zero attached hydrogens (tertiary/aromatic N) is 3. The number of aromatic nitrogens is 1. The van der Waals surface area contributed by atoms with Gasteiger partial charge in [-0.3, -0.25) is 10.1 Å². The van der Waals surface area contributed by atoms with Crippen LogP contribution in [-0.4, -0.2) is 9.91 Å². The van der Waals surface area contributed by atoms with Crippen LogP contribution in [0.1, 0.15) is 11.1 Å². The molecule has 0 bridgehead atoms. The molecule has 0 saturated carbocycles. The zero-order chi connectivity index (χ0) is 16.3. The molecule has 1 heterocycles. The maximum absolute atomic E-state index is 12.4. The third kappa shape index (κ3) is 3.29. The summed E-state index contributed by atoms with van der Waals surface area (Å²) >= 11 is 0. The predicted octanol–water partition coefficient (Wildman–Crippen LogP) is 3.62. The molecule has 1 aromatic carbocycles. The first-order valence-corrected chi connectivity index (χ1v) is 5.80. The molecular formula is C13H7F3N4O2. The van der Waals surface area contributed by atoms with Crippen LogP contribution in [0.5, 0.6) is 0 Å². The molecule has 0 amide bonds. The van der Waals surface area contributed by atoms with Crippen LogP contribution in [0.2, 0.25) is 0 Å². The number of hydrogen-bond acceptors (Lipinski definition) is 5. The molecule has 0 unspecified atom stereocenters. The van der Waals surface area contributed by atoms with Gasteiger partial charge >= 0.3 is 6.18 Å². The number of rotatable bonds is 3. The lowest BCUT2D eigenvalue weighted by Gasteiger charge is -2.09. The number of benzene rings is 1. The summed E-state index contributed by atoms with van der Waals surface area (Å²) in [5.41, 5.74) is -0.982. The van der Waals surface area contributed by atoms with Crippen molar-refractivity contribution in [3.8, 4) is 6.07 Å². The Labute approximate surface area is 122 Å². The highest BCUT2D eigenvalue weighted by molar-refractivity contribution is 5.64. The molecule has 6 nitrogen and oxygen atoms in total. The molecule has 112 valence electrons. The molecule has 0 radical (unpaired) electrons. The number of halogens is 3. The smallest absolute Gasteiger partial charge is 0.339 e. The van der Waals surface area contributed by atoms with Gasteiger partial charge in [-0.25, -0.2) is 4.98 Å². The summed E-state index contributed by atoms with van der Waals surface area (Å²) in [5, 5.41) is 22.2. The Morgan fingerprint density at radius 1 is 1.27 bits per heavy atom. The van der Waals surface area contributed by atoms with E-state index in [9.17, 15) is 23.3 Å². The highest BCUT2D eigenvalue weighted by atomic mass is 19.4.